The first-order valence-electron chi connectivity index (χ1n) is 4.98. The van der Waals surface area contributed by atoms with E-state index < -0.39 is 7.75 Å². The molecule has 0 aliphatic heterocycles. The van der Waals surface area contributed by atoms with Crippen LogP contribution in [0.3, 0.4) is 0 Å². The van der Waals surface area contributed by atoms with Gasteiger partial charge in [0.05, 0.1) is 18.3 Å². The maximum absolute atomic E-state index is 12.0. The van der Waals surface area contributed by atoms with Crippen LogP contribution in [-0.2, 0) is 13.6 Å². The summed E-state index contributed by atoms with van der Waals surface area (Å²) < 4.78 is 22.5. The van der Waals surface area contributed by atoms with Crippen LogP contribution in [0, 0.1) is 11.3 Å². The lowest BCUT2D eigenvalue weighted by Gasteiger charge is -2.22. The highest BCUT2D eigenvalue weighted by Gasteiger charge is 2.26. The molecule has 0 radical (unpaired) electrons. The molecule has 0 aromatic heterocycles. The van der Waals surface area contributed by atoms with E-state index in [4.69, 9.17) is 14.3 Å². The van der Waals surface area contributed by atoms with Crippen LogP contribution in [0.25, 0.3) is 0 Å². The van der Waals surface area contributed by atoms with Crippen molar-refractivity contribution in [2.24, 2.45) is 0 Å². The third-order valence-electron chi connectivity index (χ3n) is 1.24. The highest BCUT2D eigenvalue weighted by molar-refractivity contribution is 7.51. The summed E-state index contributed by atoms with van der Waals surface area (Å²) in [7, 11) is -3.26. The molecule has 0 heterocycles. The monoisotopic (exact) mass is 234 g/mol. The summed E-state index contributed by atoms with van der Waals surface area (Å²) in [5.41, 5.74) is 0. The minimum Gasteiger partial charge on any atom is -0.294 e. The van der Waals surface area contributed by atoms with Gasteiger partial charge in [0.1, 0.15) is 0 Å². The van der Waals surface area contributed by atoms with Crippen LogP contribution in [0.5, 0.6) is 0 Å². The predicted molar refractivity (Wildman–Crippen MR) is 58.3 cm³/mol. The Kier molecular flexibility index (Phi) is 6.78. The second kappa shape index (κ2) is 6.97. The molecule has 0 fully saturated rings. The normalized spacial score (nSPS) is 12.1. The number of rotatable bonds is 7. The van der Waals surface area contributed by atoms with Crippen LogP contribution >= 0.6 is 7.75 Å². The maximum atomic E-state index is 12.0. The van der Waals surface area contributed by atoms with Gasteiger partial charge < -0.3 is 0 Å². The van der Waals surface area contributed by atoms with E-state index in [1.807, 2.05) is 6.07 Å². The third kappa shape index (κ3) is 7.52. The van der Waals surface area contributed by atoms with Crippen molar-refractivity contribution in [1.82, 2.24) is 5.09 Å². The number of hydrogen-bond donors (Lipinski definition) is 1. The van der Waals surface area contributed by atoms with Gasteiger partial charge in [0, 0.05) is 13.0 Å². The Morgan fingerprint density at radius 1 is 1.27 bits per heavy atom. The predicted octanol–water partition coefficient (Wildman–Crippen LogP) is 2.45. The molecule has 0 saturated heterocycles. The van der Waals surface area contributed by atoms with Gasteiger partial charge in [-0.15, -0.1) is 0 Å². The summed E-state index contributed by atoms with van der Waals surface area (Å²) in [6.45, 7) is 7.42. The van der Waals surface area contributed by atoms with Crippen molar-refractivity contribution in [3.05, 3.63) is 0 Å². The van der Waals surface area contributed by atoms with Crippen molar-refractivity contribution in [3.63, 3.8) is 0 Å². The van der Waals surface area contributed by atoms with E-state index in [9.17, 15) is 4.57 Å². The molecule has 0 aliphatic carbocycles. The molecule has 6 heteroatoms. The Morgan fingerprint density at radius 2 is 1.73 bits per heavy atom. The molecule has 0 aliphatic rings. The molecule has 1 N–H and O–H groups in total. The van der Waals surface area contributed by atoms with E-state index in [2.05, 4.69) is 5.09 Å². The minimum absolute atomic E-state index is 0.191. The Hall–Kier alpha value is -0.400. The van der Waals surface area contributed by atoms with Crippen LogP contribution < -0.4 is 5.09 Å². The molecule has 0 aromatic rings. The SMILES string of the molecule is CC(C)OP(=O)(NCCC#N)OC(C)C. The first-order chi connectivity index (χ1) is 6.89. The summed E-state index contributed by atoms with van der Waals surface area (Å²) in [6, 6.07) is 1.95. The average Bonchev–Trinajstić information content (AvgIpc) is 2.00. The molecular formula is C9H19N2O3P. The van der Waals surface area contributed by atoms with Gasteiger partial charge in [-0.1, -0.05) is 0 Å². The minimum atomic E-state index is -3.26. The van der Waals surface area contributed by atoms with E-state index in [0.717, 1.165) is 0 Å². The van der Waals surface area contributed by atoms with E-state index in [1.165, 1.54) is 0 Å². The van der Waals surface area contributed by atoms with Crippen molar-refractivity contribution in [2.45, 2.75) is 46.3 Å². The molecule has 0 aromatic carbocycles. The van der Waals surface area contributed by atoms with Crippen molar-refractivity contribution in [3.8, 4) is 6.07 Å². The molecular weight excluding hydrogens is 215 g/mol. The van der Waals surface area contributed by atoms with Gasteiger partial charge in [-0.3, -0.25) is 9.05 Å². The topological polar surface area (TPSA) is 71.3 Å². The summed E-state index contributed by atoms with van der Waals surface area (Å²) in [5, 5.41) is 11.0. The van der Waals surface area contributed by atoms with Crippen molar-refractivity contribution in [2.75, 3.05) is 6.54 Å². The molecule has 0 unspecified atom stereocenters. The Morgan fingerprint density at radius 3 is 2.07 bits per heavy atom. The first kappa shape index (κ1) is 14.6. The summed E-state index contributed by atoms with van der Waals surface area (Å²) in [5.74, 6) is 0. The van der Waals surface area contributed by atoms with Crippen LogP contribution in [0.1, 0.15) is 34.1 Å². The highest BCUT2D eigenvalue weighted by atomic mass is 31.2. The Labute approximate surface area is 91.3 Å². The first-order valence-corrected chi connectivity index (χ1v) is 6.53. The number of hydrogen-bond acceptors (Lipinski definition) is 4. The van der Waals surface area contributed by atoms with Gasteiger partial charge in [-0.2, -0.15) is 5.26 Å². The average molecular weight is 234 g/mol. The lowest BCUT2D eigenvalue weighted by Crippen LogP contribution is -2.20. The molecule has 15 heavy (non-hydrogen) atoms. The van der Waals surface area contributed by atoms with Crippen molar-refractivity contribution in [1.29, 1.82) is 5.26 Å². The van der Waals surface area contributed by atoms with Crippen LogP contribution in [0.15, 0.2) is 0 Å². The highest BCUT2D eigenvalue weighted by Crippen LogP contribution is 2.45. The van der Waals surface area contributed by atoms with E-state index in [1.54, 1.807) is 27.7 Å². The quantitative estimate of drug-likeness (QED) is 0.541. The molecule has 0 bridgehead atoms. The van der Waals surface area contributed by atoms with Gasteiger partial charge >= 0.3 is 7.75 Å². The van der Waals surface area contributed by atoms with Gasteiger partial charge in [0.2, 0.25) is 0 Å². The molecule has 0 spiro atoms. The molecule has 0 rings (SSSR count). The molecule has 0 atom stereocenters. The van der Waals surface area contributed by atoms with E-state index >= 15 is 0 Å². The van der Waals surface area contributed by atoms with E-state index in [-0.39, 0.29) is 18.6 Å². The van der Waals surface area contributed by atoms with Crippen LogP contribution in [0.2, 0.25) is 0 Å². The molecule has 5 nitrogen and oxygen atoms in total. The summed E-state index contributed by atoms with van der Waals surface area (Å²) in [6.07, 6.45) is -0.110. The summed E-state index contributed by atoms with van der Waals surface area (Å²) >= 11 is 0. The maximum Gasteiger partial charge on any atom is 0.406 e. The Balaban J connectivity index is 4.29. The lowest BCUT2D eigenvalue weighted by molar-refractivity contribution is 0.135. The zero-order valence-corrected chi connectivity index (χ0v) is 10.6. The van der Waals surface area contributed by atoms with E-state index in [0.29, 0.717) is 6.54 Å². The second-order valence-electron chi connectivity index (χ2n) is 3.62. The molecule has 88 valence electrons. The fraction of sp³-hybridized carbons (Fsp3) is 0.889. The molecule has 0 amide bonds. The van der Waals surface area contributed by atoms with Crippen molar-refractivity contribution >= 4 is 7.75 Å². The summed E-state index contributed by atoms with van der Waals surface area (Å²) in [4.78, 5) is 0. The zero-order valence-electron chi connectivity index (χ0n) is 9.69. The second-order valence-corrected chi connectivity index (χ2v) is 5.35. The standard InChI is InChI=1S/C9H19N2O3P/c1-8(2)13-15(12,14-9(3)4)11-7-5-6-10/h8-9H,5,7H2,1-4H3,(H,11,12). The molecule has 0 saturated carbocycles. The zero-order chi connectivity index (χ0) is 11.9. The van der Waals surface area contributed by atoms with Gasteiger partial charge in [-0.05, 0) is 27.7 Å². The fourth-order valence-electron chi connectivity index (χ4n) is 0.903. The Bertz CT molecular complexity index is 247. The number of nitrogens with zero attached hydrogens (tertiary/aromatic N) is 1. The van der Waals surface area contributed by atoms with Gasteiger partial charge in [0.25, 0.3) is 0 Å². The third-order valence-corrected chi connectivity index (χ3v) is 3.25. The smallest absolute Gasteiger partial charge is 0.294 e. The van der Waals surface area contributed by atoms with Gasteiger partial charge in [0.15, 0.2) is 0 Å². The van der Waals surface area contributed by atoms with Crippen molar-refractivity contribution < 1.29 is 13.6 Å². The van der Waals surface area contributed by atoms with Gasteiger partial charge in [-0.25, -0.2) is 9.65 Å². The largest absolute Gasteiger partial charge is 0.406 e. The number of nitrogens with one attached hydrogen (secondary N) is 1. The van der Waals surface area contributed by atoms with Crippen LogP contribution in [0.4, 0.5) is 0 Å². The van der Waals surface area contributed by atoms with Crippen LogP contribution in [-0.4, -0.2) is 18.8 Å². The fourth-order valence-corrected chi connectivity index (χ4v) is 2.60. The number of nitriles is 1. The lowest BCUT2D eigenvalue weighted by atomic mass is 10.5.